The van der Waals surface area contributed by atoms with Crippen molar-refractivity contribution in [1.29, 1.82) is 0 Å². The molecule has 18 heteroatoms. The summed E-state index contributed by atoms with van der Waals surface area (Å²) in [4.78, 5) is 82.3. The molecule has 0 fully saturated rings. The summed E-state index contributed by atoms with van der Waals surface area (Å²) in [6.45, 7) is 2.57. The van der Waals surface area contributed by atoms with E-state index in [-0.39, 0.29) is 64.4 Å². The van der Waals surface area contributed by atoms with Crippen molar-refractivity contribution in [1.82, 2.24) is 0 Å². The fourth-order valence-electron chi connectivity index (χ4n) is 7.14. The molecule has 1 aliphatic heterocycles. The Labute approximate surface area is 387 Å². The minimum atomic E-state index is -0.616. The lowest BCUT2D eigenvalue weighted by atomic mass is 9.93. The third-order valence-electron chi connectivity index (χ3n) is 10.6. The maximum atomic E-state index is 12.7. The van der Waals surface area contributed by atoms with E-state index in [0.717, 1.165) is 22.1 Å². The smallest absolute Gasteiger partial charge is 0.325 e. The average Bonchev–Trinajstić information content (AvgIpc) is 3.32. The summed E-state index contributed by atoms with van der Waals surface area (Å²) in [5, 5.41) is 1.27. The first-order valence-electron chi connectivity index (χ1n) is 21.1. The molecule has 0 aromatic heterocycles. The molecule has 0 saturated carbocycles. The molecule has 0 radical (unpaired) electrons. The van der Waals surface area contributed by atoms with Crippen molar-refractivity contribution in [2.24, 2.45) is 4.99 Å². The van der Waals surface area contributed by atoms with Gasteiger partial charge in [-0.05, 0) is 79.4 Å². The zero-order valence-corrected chi connectivity index (χ0v) is 38.8. The summed E-state index contributed by atoms with van der Waals surface area (Å²) in [6.07, 6.45) is 0.248. The van der Waals surface area contributed by atoms with Crippen LogP contribution in [0.3, 0.4) is 0 Å². The van der Waals surface area contributed by atoms with Crippen molar-refractivity contribution >= 4 is 58.2 Å². The van der Waals surface area contributed by atoms with Gasteiger partial charge in [-0.1, -0.05) is 24.3 Å². The highest BCUT2D eigenvalue weighted by atomic mass is 16.5. The molecule has 2 aliphatic rings. The number of rotatable bonds is 22. The summed E-state index contributed by atoms with van der Waals surface area (Å²) in [5.41, 5.74) is 5.30. The zero-order chi connectivity index (χ0) is 48.6. The maximum absolute atomic E-state index is 12.7. The molecule has 18 nitrogen and oxygen atoms in total. The second-order valence-corrected chi connectivity index (χ2v) is 15.2. The van der Waals surface area contributed by atoms with E-state index in [2.05, 4.69) is 0 Å². The van der Waals surface area contributed by atoms with Crippen LogP contribution in [-0.4, -0.2) is 124 Å². The normalized spacial score (nSPS) is 11.6. The molecule has 0 saturated heterocycles. The highest BCUT2D eigenvalue weighted by Gasteiger charge is 2.25. The van der Waals surface area contributed by atoms with E-state index >= 15 is 0 Å². The van der Waals surface area contributed by atoms with Crippen LogP contribution >= 0.6 is 0 Å². The van der Waals surface area contributed by atoms with Crippen LogP contribution in [0.25, 0.3) is 33.4 Å². The van der Waals surface area contributed by atoms with E-state index in [4.69, 9.17) is 47.3 Å². The average molecular weight is 926 g/mol. The summed E-state index contributed by atoms with van der Waals surface area (Å²) in [5.74, 6) is -2.19. The minimum absolute atomic E-state index is 0.0311. The Morgan fingerprint density at radius 2 is 1.07 bits per heavy atom. The van der Waals surface area contributed by atoms with Gasteiger partial charge in [0.2, 0.25) is 0 Å². The topological polar surface area (TPSA) is 208 Å². The van der Waals surface area contributed by atoms with Gasteiger partial charge in [0.15, 0.2) is 0 Å². The summed E-state index contributed by atoms with van der Waals surface area (Å²) >= 11 is 0. The molecule has 0 bridgehead atoms. The summed E-state index contributed by atoms with van der Waals surface area (Å²) in [7, 11) is 7.57. The van der Waals surface area contributed by atoms with E-state index in [0.29, 0.717) is 45.0 Å². The van der Waals surface area contributed by atoms with Crippen LogP contribution in [-0.2, 0) is 57.2 Å². The molecule has 3 aromatic carbocycles. The van der Waals surface area contributed by atoms with Crippen molar-refractivity contribution in [3.05, 3.63) is 89.3 Å². The van der Waals surface area contributed by atoms with E-state index in [1.54, 1.807) is 36.4 Å². The largest absolute Gasteiger partial charge is 0.488 e. The lowest BCUT2D eigenvalue weighted by Gasteiger charge is -2.26. The zero-order valence-electron chi connectivity index (χ0n) is 38.8. The van der Waals surface area contributed by atoms with Crippen LogP contribution in [0.4, 0.5) is 11.4 Å². The van der Waals surface area contributed by atoms with Gasteiger partial charge < -0.3 is 52.1 Å². The Kier molecular flexibility index (Phi) is 18.1. The van der Waals surface area contributed by atoms with Crippen LogP contribution in [0.15, 0.2) is 82.2 Å². The monoisotopic (exact) mass is 925 g/mol. The fraction of sp³-hybridized carbons (Fsp3) is 0.367. The Hall–Kier alpha value is -7.63. The molecule has 1 unspecified atom stereocenters. The molecule has 5 rings (SSSR count). The van der Waals surface area contributed by atoms with Gasteiger partial charge in [-0.2, -0.15) is 0 Å². The SMILES string of the molecule is COC(=O)CCC(CC(=O)OC)N=c1ccc2c(-c3ccc(N(CC(=O)OC)CC(=O)OC)c(OCCOc4cc(C)ccc4N(CC(=O)OC)CC(=O)OC)c3)c3ccc(C)cc3oc-2c1. The third-order valence-corrected chi connectivity index (χ3v) is 10.6. The van der Waals surface area contributed by atoms with E-state index in [1.165, 1.54) is 52.5 Å². The third kappa shape index (κ3) is 13.7. The lowest BCUT2D eigenvalue weighted by Crippen LogP contribution is -2.36. The van der Waals surface area contributed by atoms with Crippen LogP contribution in [0.5, 0.6) is 11.5 Å². The Morgan fingerprint density at radius 3 is 1.63 bits per heavy atom. The number of carbonyl (C=O) groups is 6. The molecule has 0 N–H and O–H groups in total. The fourth-order valence-corrected chi connectivity index (χ4v) is 7.14. The van der Waals surface area contributed by atoms with Crippen LogP contribution in [0.2, 0.25) is 0 Å². The van der Waals surface area contributed by atoms with Gasteiger partial charge in [-0.15, -0.1) is 0 Å². The number of aryl methyl sites for hydroxylation is 2. The molecule has 0 spiro atoms. The standard InChI is InChI=1S/C49H55N3O15/c1-30-9-14-35-39(21-30)67-40-24-33(50-34(25-44(54)60-4)13-18-43(53)59-3)12-15-36(40)49(35)32-11-17-38(52(28-47(57)63-7)29-48(58)64-8)42(23-32)66-20-19-65-41-22-31(2)10-16-37(41)51(26-45(55)61-5)27-46(56)62-6/h9-12,14-17,21-24,34H,13,18-20,25-29H2,1-8H3. The number of anilines is 2. The molecular weight excluding hydrogens is 871 g/mol. The van der Waals surface area contributed by atoms with E-state index in [9.17, 15) is 28.8 Å². The number of ether oxygens (including phenoxy) is 8. The number of hydrogen-bond acceptors (Lipinski definition) is 18. The van der Waals surface area contributed by atoms with Crippen molar-refractivity contribution in [3.63, 3.8) is 0 Å². The van der Waals surface area contributed by atoms with Crippen molar-refractivity contribution < 1.29 is 71.1 Å². The Bertz CT molecular complexity index is 2590. The first kappa shape index (κ1) is 50.4. The maximum Gasteiger partial charge on any atom is 0.325 e. The van der Waals surface area contributed by atoms with Gasteiger partial charge in [0.25, 0.3) is 0 Å². The number of carbonyl (C=O) groups excluding carboxylic acids is 6. The second-order valence-electron chi connectivity index (χ2n) is 15.2. The van der Waals surface area contributed by atoms with Crippen molar-refractivity contribution in [2.75, 3.05) is 91.9 Å². The molecule has 1 heterocycles. The van der Waals surface area contributed by atoms with Gasteiger partial charge in [0, 0.05) is 29.0 Å². The Morgan fingerprint density at radius 1 is 0.567 bits per heavy atom. The summed E-state index contributed by atoms with van der Waals surface area (Å²) < 4.78 is 48.6. The number of esters is 6. The van der Waals surface area contributed by atoms with Gasteiger partial charge in [-0.25, -0.2) is 0 Å². The molecular formula is C49H55N3O15. The predicted molar refractivity (Wildman–Crippen MR) is 245 cm³/mol. The Balaban J connectivity index is 1.60. The van der Waals surface area contributed by atoms with Crippen molar-refractivity contribution in [2.45, 2.75) is 39.2 Å². The lowest BCUT2D eigenvalue weighted by molar-refractivity contribution is -0.143. The highest BCUT2D eigenvalue weighted by molar-refractivity contribution is 6.02. The van der Waals surface area contributed by atoms with Gasteiger partial charge in [0.1, 0.15) is 62.2 Å². The predicted octanol–water partition coefficient (Wildman–Crippen LogP) is 5.37. The second kappa shape index (κ2) is 24.1. The van der Waals surface area contributed by atoms with Crippen molar-refractivity contribution in [3.8, 4) is 33.9 Å². The molecule has 0 amide bonds. The molecule has 1 aliphatic carbocycles. The number of fused-ring (bicyclic) bond motifs is 2. The number of methoxy groups -OCH3 is 6. The van der Waals surface area contributed by atoms with E-state index < -0.39 is 41.9 Å². The number of nitrogens with zero attached hydrogens (tertiary/aromatic N) is 3. The number of hydrogen-bond donors (Lipinski definition) is 0. The highest BCUT2D eigenvalue weighted by Crippen LogP contribution is 2.43. The van der Waals surface area contributed by atoms with Gasteiger partial charge in [-0.3, -0.25) is 33.8 Å². The number of benzene rings is 4. The first-order valence-corrected chi connectivity index (χ1v) is 21.1. The molecule has 3 aromatic rings. The molecule has 1 atom stereocenters. The molecule has 67 heavy (non-hydrogen) atoms. The van der Waals surface area contributed by atoms with Gasteiger partial charge in [0.05, 0.1) is 71.9 Å². The van der Waals surface area contributed by atoms with Crippen LogP contribution in [0.1, 0.15) is 30.4 Å². The minimum Gasteiger partial charge on any atom is -0.488 e. The quantitative estimate of drug-likeness (QED) is 0.0370. The molecule has 356 valence electrons. The van der Waals surface area contributed by atoms with Gasteiger partial charge >= 0.3 is 35.8 Å². The van der Waals surface area contributed by atoms with Crippen LogP contribution < -0.4 is 24.6 Å². The van der Waals surface area contributed by atoms with Crippen LogP contribution in [0, 0.1) is 13.8 Å². The van der Waals surface area contributed by atoms with E-state index in [1.807, 2.05) is 50.2 Å². The summed E-state index contributed by atoms with van der Waals surface area (Å²) in [6, 6.07) is 21.3. The first-order chi connectivity index (χ1) is 32.2.